The highest BCUT2D eigenvalue weighted by atomic mass is 35.5. The number of methoxy groups -OCH3 is 1. The van der Waals surface area contributed by atoms with Gasteiger partial charge in [0.15, 0.2) is 5.78 Å². The molecule has 2 unspecified atom stereocenters. The van der Waals surface area contributed by atoms with E-state index in [1.807, 2.05) is 6.92 Å². The Bertz CT molecular complexity index is 445. The summed E-state index contributed by atoms with van der Waals surface area (Å²) in [5.74, 6) is 0.562. The van der Waals surface area contributed by atoms with E-state index >= 15 is 0 Å². The van der Waals surface area contributed by atoms with Gasteiger partial charge in [-0.05, 0) is 31.0 Å². The summed E-state index contributed by atoms with van der Waals surface area (Å²) in [5, 5.41) is 0.547. The van der Waals surface area contributed by atoms with Crippen molar-refractivity contribution in [3.63, 3.8) is 0 Å². The van der Waals surface area contributed by atoms with Gasteiger partial charge in [0.2, 0.25) is 0 Å². The lowest BCUT2D eigenvalue weighted by molar-refractivity contribution is 0.0687. The van der Waals surface area contributed by atoms with Crippen LogP contribution >= 0.6 is 11.6 Å². The van der Waals surface area contributed by atoms with E-state index in [2.05, 4.69) is 0 Å². The van der Waals surface area contributed by atoms with Crippen molar-refractivity contribution in [2.24, 2.45) is 5.92 Å². The summed E-state index contributed by atoms with van der Waals surface area (Å²) < 4.78 is 10.8. The van der Waals surface area contributed by atoms with Crippen LogP contribution in [0.25, 0.3) is 0 Å². The molecule has 1 aromatic rings. The van der Waals surface area contributed by atoms with E-state index in [1.54, 1.807) is 25.3 Å². The molecule has 1 aliphatic heterocycles. The van der Waals surface area contributed by atoms with Crippen molar-refractivity contribution in [3.8, 4) is 5.75 Å². The van der Waals surface area contributed by atoms with E-state index in [-0.39, 0.29) is 17.8 Å². The average molecular weight is 269 g/mol. The zero-order chi connectivity index (χ0) is 13.1. The minimum absolute atomic E-state index is 0.0150. The largest absolute Gasteiger partial charge is 0.496 e. The first-order valence-corrected chi connectivity index (χ1v) is 6.54. The Labute approximate surface area is 112 Å². The predicted molar refractivity (Wildman–Crippen MR) is 70.5 cm³/mol. The molecule has 2 rings (SSSR count). The van der Waals surface area contributed by atoms with Gasteiger partial charge in [0.25, 0.3) is 0 Å². The van der Waals surface area contributed by atoms with Crippen LogP contribution < -0.4 is 4.74 Å². The standard InChI is InChI=1S/C14H17ClO3/c1-3-12-10(6-7-18-12)14(16)11-8-9(15)4-5-13(11)17-2/h4-5,8,10,12H,3,6-7H2,1-2H3. The van der Waals surface area contributed by atoms with Crippen molar-refractivity contribution < 1.29 is 14.3 Å². The highest BCUT2D eigenvalue weighted by molar-refractivity contribution is 6.31. The monoisotopic (exact) mass is 268 g/mol. The first-order valence-electron chi connectivity index (χ1n) is 6.16. The van der Waals surface area contributed by atoms with Crippen molar-refractivity contribution >= 4 is 17.4 Å². The highest BCUT2D eigenvalue weighted by Gasteiger charge is 2.34. The molecule has 2 atom stereocenters. The second kappa shape index (κ2) is 5.72. The third-order valence-corrected chi connectivity index (χ3v) is 3.61. The zero-order valence-corrected chi connectivity index (χ0v) is 11.4. The topological polar surface area (TPSA) is 35.5 Å². The fourth-order valence-corrected chi connectivity index (χ4v) is 2.60. The maximum absolute atomic E-state index is 12.5. The molecule has 1 aliphatic rings. The summed E-state index contributed by atoms with van der Waals surface area (Å²) in [6.07, 6.45) is 1.63. The van der Waals surface area contributed by atoms with Crippen molar-refractivity contribution in [2.75, 3.05) is 13.7 Å². The number of hydrogen-bond acceptors (Lipinski definition) is 3. The fraction of sp³-hybridized carbons (Fsp3) is 0.500. The maximum Gasteiger partial charge on any atom is 0.172 e. The number of ether oxygens (including phenoxy) is 2. The summed E-state index contributed by atoms with van der Waals surface area (Å²) in [4.78, 5) is 12.5. The average Bonchev–Trinajstić information content (AvgIpc) is 2.86. The smallest absolute Gasteiger partial charge is 0.172 e. The summed E-state index contributed by atoms with van der Waals surface area (Å²) >= 11 is 5.96. The normalized spacial score (nSPS) is 23.1. The molecule has 1 fully saturated rings. The second-order valence-electron chi connectivity index (χ2n) is 4.42. The van der Waals surface area contributed by atoms with Crippen LogP contribution in [0.4, 0.5) is 0 Å². The summed E-state index contributed by atoms with van der Waals surface area (Å²) in [6.45, 7) is 2.68. The molecule has 18 heavy (non-hydrogen) atoms. The molecule has 0 bridgehead atoms. The number of halogens is 1. The van der Waals surface area contributed by atoms with Crippen LogP contribution in [0.1, 0.15) is 30.1 Å². The molecule has 3 nitrogen and oxygen atoms in total. The lowest BCUT2D eigenvalue weighted by Gasteiger charge is -2.17. The van der Waals surface area contributed by atoms with E-state index < -0.39 is 0 Å². The van der Waals surface area contributed by atoms with Gasteiger partial charge in [0, 0.05) is 11.6 Å². The van der Waals surface area contributed by atoms with E-state index in [9.17, 15) is 4.79 Å². The van der Waals surface area contributed by atoms with E-state index in [4.69, 9.17) is 21.1 Å². The van der Waals surface area contributed by atoms with Gasteiger partial charge in [-0.15, -0.1) is 0 Å². The lowest BCUT2D eigenvalue weighted by atomic mass is 9.90. The summed E-state index contributed by atoms with van der Waals surface area (Å²) in [6, 6.07) is 5.12. The van der Waals surface area contributed by atoms with Gasteiger partial charge in [0.05, 0.1) is 24.7 Å². The van der Waals surface area contributed by atoms with E-state index in [1.165, 1.54) is 0 Å². The number of ketones is 1. The molecule has 0 aliphatic carbocycles. The molecule has 0 radical (unpaired) electrons. The van der Waals surface area contributed by atoms with Gasteiger partial charge >= 0.3 is 0 Å². The Morgan fingerprint density at radius 2 is 2.33 bits per heavy atom. The van der Waals surface area contributed by atoms with Crippen LogP contribution in [0.15, 0.2) is 18.2 Å². The van der Waals surface area contributed by atoms with E-state index in [0.717, 1.165) is 12.8 Å². The molecule has 0 N–H and O–H groups in total. The van der Waals surface area contributed by atoms with Crippen molar-refractivity contribution in [2.45, 2.75) is 25.9 Å². The van der Waals surface area contributed by atoms with Crippen molar-refractivity contribution in [3.05, 3.63) is 28.8 Å². The zero-order valence-electron chi connectivity index (χ0n) is 10.6. The number of benzene rings is 1. The highest BCUT2D eigenvalue weighted by Crippen LogP contribution is 2.31. The van der Waals surface area contributed by atoms with Gasteiger partial charge in [-0.2, -0.15) is 0 Å². The molecule has 0 spiro atoms. The Balaban J connectivity index is 2.30. The van der Waals surface area contributed by atoms with Crippen LogP contribution in [-0.2, 0) is 4.74 Å². The van der Waals surface area contributed by atoms with Gasteiger partial charge in [-0.3, -0.25) is 4.79 Å². The molecular formula is C14H17ClO3. The number of Topliss-reactive ketones (excluding diaryl/α,β-unsaturated/α-hetero) is 1. The van der Waals surface area contributed by atoms with E-state index in [0.29, 0.717) is 22.9 Å². The first kappa shape index (κ1) is 13.4. The molecule has 1 saturated heterocycles. The minimum Gasteiger partial charge on any atom is -0.496 e. The Morgan fingerprint density at radius 1 is 1.56 bits per heavy atom. The Morgan fingerprint density at radius 3 is 3.00 bits per heavy atom. The summed E-state index contributed by atoms with van der Waals surface area (Å²) in [5.41, 5.74) is 0.555. The van der Waals surface area contributed by atoms with Gasteiger partial charge in [-0.25, -0.2) is 0 Å². The van der Waals surface area contributed by atoms with Gasteiger partial charge in [0.1, 0.15) is 5.75 Å². The number of rotatable bonds is 4. The van der Waals surface area contributed by atoms with Crippen LogP contribution in [0, 0.1) is 5.92 Å². The molecule has 0 amide bonds. The van der Waals surface area contributed by atoms with Crippen LogP contribution in [0.2, 0.25) is 5.02 Å². The van der Waals surface area contributed by atoms with Crippen molar-refractivity contribution in [1.29, 1.82) is 0 Å². The second-order valence-corrected chi connectivity index (χ2v) is 4.86. The fourth-order valence-electron chi connectivity index (χ4n) is 2.42. The van der Waals surface area contributed by atoms with Crippen LogP contribution in [0.3, 0.4) is 0 Å². The lowest BCUT2D eigenvalue weighted by Crippen LogP contribution is -2.24. The predicted octanol–water partition coefficient (Wildman–Crippen LogP) is 3.35. The molecule has 4 heteroatoms. The molecule has 98 valence electrons. The number of carbonyl (C=O) groups excluding carboxylic acids is 1. The van der Waals surface area contributed by atoms with Crippen molar-refractivity contribution in [1.82, 2.24) is 0 Å². The van der Waals surface area contributed by atoms with Gasteiger partial charge in [-0.1, -0.05) is 18.5 Å². The number of hydrogen-bond donors (Lipinski definition) is 0. The number of carbonyl (C=O) groups is 1. The third kappa shape index (κ3) is 2.52. The molecule has 1 aromatic carbocycles. The third-order valence-electron chi connectivity index (χ3n) is 3.38. The molecule has 0 aromatic heterocycles. The van der Waals surface area contributed by atoms with Crippen LogP contribution in [-0.4, -0.2) is 25.6 Å². The molecule has 1 heterocycles. The minimum atomic E-state index is -0.0811. The van der Waals surface area contributed by atoms with Gasteiger partial charge < -0.3 is 9.47 Å². The maximum atomic E-state index is 12.5. The molecular weight excluding hydrogens is 252 g/mol. The van der Waals surface area contributed by atoms with Crippen LogP contribution in [0.5, 0.6) is 5.75 Å². The first-order chi connectivity index (χ1) is 8.67. The Kier molecular flexibility index (Phi) is 4.25. The molecule has 0 saturated carbocycles. The SMILES string of the molecule is CCC1OCCC1C(=O)c1cc(Cl)ccc1OC. The summed E-state index contributed by atoms with van der Waals surface area (Å²) in [7, 11) is 1.56. The Hall–Kier alpha value is -1.06. The quantitative estimate of drug-likeness (QED) is 0.786.